The Morgan fingerprint density at radius 3 is 2.92 bits per heavy atom. The van der Waals surface area contributed by atoms with Crippen molar-refractivity contribution in [3.8, 4) is 0 Å². The van der Waals surface area contributed by atoms with Crippen molar-refractivity contribution < 1.29 is 4.74 Å². The van der Waals surface area contributed by atoms with Gasteiger partial charge in [-0.3, -0.25) is 4.99 Å². The fraction of sp³-hybridized carbons (Fsp3) is 0.550. The topological polar surface area (TPSA) is 61.4 Å². The van der Waals surface area contributed by atoms with Crippen LogP contribution in [0.4, 0.5) is 0 Å². The summed E-state index contributed by atoms with van der Waals surface area (Å²) in [7, 11) is 0. The first-order chi connectivity index (χ1) is 12.3. The Morgan fingerprint density at radius 2 is 2.12 bits per heavy atom. The minimum absolute atomic E-state index is 0.703. The van der Waals surface area contributed by atoms with Crippen LogP contribution in [-0.4, -0.2) is 43.8 Å². The number of fused-ring (bicyclic) bond motifs is 1. The van der Waals surface area contributed by atoms with Crippen molar-refractivity contribution in [2.75, 3.05) is 32.8 Å². The van der Waals surface area contributed by atoms with E-state index in [2.05, 4.69) is 58.7 Å². The molecule has 5 nitrogen and oxygen atoms in total. The van der Waals surface area contributed by atoms with Crippen LogP contribution < -0.4 is 10.6 Å². The van der Waals surface area contributed by atoms with Gasteiger partial charge in [0.2, 0.25) is 0 Å². The van der Waals surface area contributed by atoms with E-state index in [0.29, 0.717) is 13.2 Å². The number of guanidine groups is 1. The van der Waals surface area contributed by atoms with Crippen LogP contribution in [-0.2, 0) is 11.2 Å². The smallest absolute Gasteiger partial charge is 0.191 e. The van der Waals surface area contributed by atoms with E-state index in [1.807, 2.05) is 0 Å². The molecule has 2 aromatic rings. The summed E-state index contributed by atoms with van der Waals surface area (Å²) in [5.41, 5.74) is 3.84. The van der Waals surface area contributed by atoms with E-state index in [0.717, 1.165) is 38.0 Å². The van der Waals surface area contributed by atoms with Crippen LogP contribution in [0.2, 0.25) is 0 Å². The van der Waals surface area contributed by atoms with Crippen LogP contribution in [0.1, 0.15) is 31.0 Å². The Morgan fingerprint density at radius 1 is 1.28 bits per heavy atom. The maximum atomic E-state index is 5.65. The maximum absolute atomic E-state index is 5.65. The molecule has 0 bridgehead atoms. The van der Waals surface area contributed by atoms with Crippen LogP contribution in [0.15, 0.2) is 29.3 Å². The summed E-state index contributed by atoms with van der Waals surface area (Å²) in [5.74, 6) is 1.68. The Kier molecular flexibility index (Phi) is 6.34. The van der Waals surface area contributed by atoms with E-state index in [1.165, 1.54) is 35.0 Å². The highest BCUT2D eigenvalue weighted by Crippen LogP contribution is 2.28. The summed E-state index contributed by atoms with van der Waals surface area (Å²) in [6.07, 6.45) is 3.64. The number of aliphatic imine (C=N–C) groups is 1. The zero-order valence-electron chi connectivity index (χ0n) is 15.4. The lowest BCUT2D eigenvalue weighted by molar-refractivity contribution is 0.131. The molecule has 0 spiro atoms. The normalized spacial score (nSPS) is 14.9. The van der Waals surface area contributed by atoms with Crippen molar-refractivity contribution in [2.24, 2.45) is 10.9 Å². The van der Waals surface area contributed by atoms with Gasteiger partial charge in [0.1, 0.15) is 0 Å². The zero-order valence-corrected chi connectivity index (χ0v) is 15.4. The molecule has 0 unspecified atom stereocenters. The molecule has 3 N–H and O–H groups in total. The van der Waals surface area contributed by atoms with E-state index in [9.17, 15) is 0 Å². The number of para-hydroxylation sites is 1. The molecule has 1 saturated carbocycles. The number of rotatable bonds is 9. The highest BCUT2D eigenvalue weighted by molar-refractivity contribution is 5.84. The molecule has 5 heteroatoms. The minimum Gasteiger partial charge on any atom is -0.379 e. The van der Waals surface area contributed by atoms with Gasteiger partial charge in [-0.1, -0.05) is 18.2 Å². The van der Waals surface area contributed by atoms with Gasteiger partial charge in [0.25, 0.3) is 0 Å². The van der Waals surface area contributed by atoms with Gasteiger partial charge < -0.3 is 20.4 Å². The van der Waals surface area contributed by atoms with Gasteiger partial charge in [-0.15, -0.1) is 0 Å². The largest absolute Gasteiger partial charge is 0.379 e. The molecule has 3 rings (SSSR count). The molecule has 0 saturated heterocycles. The summed E-state index contributed by atoms with van der Waals surface area (Å²) < 4.78 is 5.65. The highest BCUT2D eigenvalue weighted by Gasteiger charge is 2.20. The van der Waals surface area contributed by atoms with Gasteiger partial charge in [0, 0.05) is 36.3 Å². The lowest BCUT2D eigenvalue weighted by atomic mass is 10.1. The van der Waals surface area contributed by atoms with E-state index >= 15 is 0 Å². The summed E-state index contributed by atoms with van der Waals surface area (Å²) in [4.78, 5) is 8.06. The molecule has 0 aliphatic heterocycles. The molecule has 1 heterocycles. The number of hydrogen-bond donors (Lipinski definition) is 3. The molecule has 136 valence electrons. The van der Waals surface area contributed by atoms with Crippen LogP contribution in [0, 0.1) is 12.8 Å². The number of aromatic nitrogens is 1. The lowest BCUT2D eigenvalue weighted by Gasteiger charge is -2.11. The molecule has 0 radical (unpaired) electrons. The molecule has 1 fully saturated rings. The fourth-order valence-corrected chi connectivity index (χ4v) is 3.06. The molecule has 0 atom stereocenters. The number of nitrogens with zero attached hydrogens (tertiary/aromatic N) is 1. The molecular weight excluding hydrogens is 312 g/mol. The highest BCUT2D eigenvalue weighted by atomic mass is 16.5. The SMILES string of the molecule is CCNC(=NCCOCC1CC1)NCCc1c(C)[nH]c2ccccc12. The first-order valence-corrected chi connectivity index (χ1v) is 9.44. The predicted molar refractivity (Wildman–Crippen MR) is 104 cm³/mol. The molecule has 1 aromatic heterocycles. The van der Waals surface area contributed by atoms with Crippen LogP contribution in [0.3, 0.4) is 0 Å². The van der Waals surface area contributed by atoms with Crippen molar-refractivity contribution in [1.29, 1.82) is 0 Å². The summed E-state index contributed by atoms with van der Waals surface area (Å²) >= 11 is 0. The second-order valence-electron chi connectivity index (χ2n) is 6.73. The fourth-order valence-electron chi connectivity index (χ4n) is 3.06. The molecule has 1 aromatic carbocycles. The number of benzene rings is 1. The van der Waals surface area contributed by atoms with Crippen LogP contribution >= 0.6 is 0 Å². The van der Waals surface area contributed by atoms with E-state index in [-0.39, 0.29) is 0 Å². The van der Waals surface area contributed by atoms with Crippen molar-refractivity contribution >= 4 is 16.9 Å². The summed E-state index contributed by atoms with van der Waals surface area (Å²) in [5, 5.41) is 8.05. The van der Waals surface area contributed by atoms with Crippen LogP contribution in [0.25, 0.3) is 10.9 Å². The monoisotopic (exact) mass is 342 g/mol. The molecular formula is C20H30N4O. The Balaban J connectivity index is 1.47. The van der Waals surface area contributed by atoms with Gasteiger partial charge in [0.15, 0.2) is 5.96 Å². The van der Waals surface area contributed by atoms with Gasteiger partial charge in [-0.25, -0.2) is 0 Å². The van der Waals surface area contributed by atoms with E-state index < -0.39 is 0 Å². The second kappa shape index (κ2) is 8.90. The number of nitrogens with one attached hydrogen (secondary N) is 3. The average Bonchev–Trinajstić information content (AvgIpc) is 3.38. The van der Waals surface area contributed by atoms with Gasteiger partial charge in [-0.05, 0) is 50.7 Å². The minimum atomic E-state index is 0.703. The standard InChI is InChI=1S/C20H30N4O/c1-3-21-20(23-12-13-25-14-16-8-9-16)22-11-10-17-15(2)24-19-7-5-4-6-18(17)19/h4-7,16,24H,3,8-14H2,1-2H3,(H2,21,22,23). The first-order valence-electron chi connectivity index (χ1n) is 9.44. The molecule has 1 aliphatic rings. The molecule has 1 aliphatic carbocycles. The summed E-state index contributed by atoms with van der Waals surface area (Å²) in [6, 6.07) is 8.48. The van der Waals surface area contributed by atoms with Gasteiger partial charge >= 0.3 is 0 Å². The van der Waals surface area contributed by atoms with E-state index in [4.69, 9.17) is 4.74 Å². The third-order valence-corrected chi connectivity index (χ3v) is 4.59. The lowest BCUT2D eigenvalue weighted by Crippen LogP contribution is -2.38. The zero-order chi connectivity index (χ0) is 17.5. The van der Waals surface area contributed by atoms with Crippen LogP contribution in [0.5, 0.6) is 0 Å². The Hall–Kier alpha value is -2.01. The van der Waals surface area contributed by atoms with Gasteiger partial charge in [-0.2, -0.15) is 0 Å². The van der Waals surface area contributed by atoms with Crippen molar-refractivity contribution in [3.05, 3.63) is 35.5 Å². The van der Waals surface area contributed by atoms with Crippen molar-refractivity contribution in [3.63, 3.8) is 0 Å². The number of aryl methyl sites for hydroxylation is 1. The summed E-state index contributed by atoms with van der Waals surface area (Å²) in [6.45, 7) is 8.26. The Bertz CT molecular complexity index is 703. The molecule has 0 amide bonds. The van der Waals surface area contributed by atoms with E-state index in [1.54, 1.807) is 0 Å². The number of H-pyrrole nitrogens is 1. The third-order valence-electron chi connectivity index (χ3n) is 4.59. The van der Waals surface area contributed by atoms with Gasteiger partial charge in [0.05, 0.1) is 13.2 Å². The molecule has 25 heavy (non-hydrogen) atoms. The van der Waals surface area contributed by atoms with Crippen molar-refractivity contribution in [2.45, 2.75) is 33.1 Å². The Labute approximate surface area is 150 Å². The first kappa shape index (κ1) is 17.8. The third kappa shape index (κ3) is 5.23. The number of ether oxygens (including phenoxy) is 1. The number of hydrogen-bond acceptors (Lipinski definition) is 2. The van der Waals surface area contributed by atoms with Crippen molar-refractivity contribution in [1.82, 2.24) is 15.6 Å². The second-order valence-corrected chi connectivity index (χ2v) is 6.73. The predicted octanol–water partition coefficient (Wildman–Crippen LogP) is 3.00. The quantitative estimate of drug-likeness (QED) is 0.373. The maximum Gasteiger partial charge on any atom is 0.191 e. The number of aromatic amines is 1. The average molecular weight is 342 g/mol.